The van der Waals surface area contributed by atoms with Crippen molar-refractivity contribution in [2.75, 3.05) is 6.61 Å². The standard InChI is InChI=1S/C21H20ClF3N4O3S/c1-20(2,3)18-27-14(10-33-18)9-26-19(30)32-16-8-15(12-4-6-13(22)7-5-12)17(29-28-16)31-11-21(23,24)25/h4-8,10H,9,11H2,1-3H3,(H,26,30). The van der Waals surface area contributed by atoms with E-state index < -0.39 is 18.9 Å². The second-order valence-corrected chi connectivity index (χ2v) is 9.24. The van der Waals surface area contributed by atoms with E-state index in [1.807, 2.05) is 26.2 Å². The summed E-state index contributed by atoms with van der Waals surface area (Å²) >= 11 is 7.37. The molecule has 0 saturated heterocycles. The quantitative estimate of drug-likeness (QED) is 0.461. The number of alkyl halides is 3. The normalized spacial score (nSPS) is 11.8. The average molecular weight is 501 g/mol. The van der Waals surface area contributed by atoms with Gasteiger partial charge in [-0.15, -0.1) is 21.5 Å². The topological polar surface area (TPSA) is 86.2 Å². The highest BCUT2D eigenvalue weighted by molar-refractivity contribution is 7.09. The predicted octanol–water partition coefficient (Wildman–Crippen LogP) is 5.78. The molecule has 0 aliphatic heterocycles. The van der Waals surface area contributed by atoms with Crippen LogP contribution in [0.2, 0.25) is 5.02 Å². The maximum atomic E-state index is 12.6. The van der Waals surface area contributed by atoms with Crippen LogP contribution in [0.4, 0.5) is 18.0 Å². The Hall–Kier alpha value is -2.92. The maximum Gasteiger partial charge on any atom is 0.422 e. The van der Waals surface area contributed by atoms with Gasteiger partial charge in [0.25, 0.3) is 0 Å². The number of rotatable bonds is 6. The van der Waals surface area contributed by atoms with Crippen LogP contribution in [0.1, 0.15) is 31.5 Å². The zero-order valence-electron chi connectivity index (χ0n) is 17.9. The van der Waals surface area contributed by atoms with Gasteiger partial charge in [-0.25, -0.2) is 9.78 Å². The Balaban J connectivity index is 1.73. The fourth-order valence-electron chi connectivity index (χ4n) is 2.53. The highest BCUT2D eigenvalue weighted by Gasteiger charge is 2.29. The van der Waals surface area contributed by atoms with Crippen LogP contribution in [0.3, 0.4) is 0 Å². The summed E-state index contributed by atoms with van der Waals surface area (Å²) in [6.07, 6.45) is -5.38. The SMILES string of the molecule is CC(C)(C)c1nc(CNC(=O)Oc2cc(-c3ccc(Cl)cc3)c(OCC(F)(F)F)nn2)cs1. The molecule has 2 heterocycles. The smallest absolute Gasteiger partial charge is 0.422 e. The molecule has 1 amide bonds. The third kappa shape index (κ3) is 7.29. The first kappa shape index (κ1) is 24.7. The lowest BCUT2D eigenvalue weighted by Crippen LogP contribution is -2.27. The molecule has 2 aromatic heterocycles. The van der Waals surface area contributed by atoms with Crippen LogP contribution in [0.5, 0.6) is 11.8 Å². The molecule has 0 aliphatic carbocycles. The van der Waals surface area contributed by atoms with Crippen molar-refractivity contribution in [1.82, 2.24) is 20.5 Å². The molecule has 3 rings (SSSR count). The number of halogens is 4. The van der Waals surface area contributed by atoms with Crippen LogP contribution < -0.4 is 14.8 Å². The van der Waals surface area contributed by atoms with Crippen molar-refractivity contribution in [3.8, 4) is 22.9 Å². The lowest BCUT2D eigenvalue weighted by molar-refractivity contribution is -0.154. The molecule has 0 fully saturated rings. The molecule has 12 heteroatoms. The zero-order chi connectivity index (χ0) is 24.2. The summed E-state index contributed by atoms with van der Waals surface area (Å²) in [6, 6.07) is 7.51. The summed E-state index contributed by atoms with van der Waals surface area (Å²) in [5, 5.41) is 13.1. The van der Waals surface area contributed by atoms with Crippen LogP contribution in [0, 0.1) is 0 Å². The van der Waals surface area contributed by atoms with Crippen molar-refractivity contribution < 1.29 is 27.4 Å². The molecular formula is C21H20ClF3N4O3S. The fourth-order valence-corrected chi connectivity index (χ4v) is 3.57. The van der Waals surface area contributed by atoms with Gasteiger partial charge in [0.1, 0.15) is 0 Å². The van der Waals surface area contributed by atoms with E-state index in [0.29, 0.717) is 16.3 Å². The molecule has 0 atom stereocenters. The van der Waals surface area contributed by atoms with Gasteiger partial charge in [-0.3, -0.25) is 0 Å². The predicted molar refractivity (Wildman–Crippen MR) is 118 cm³/mol. The Morgan fingerprint density at radius 2 is 1.85 bits per heavy atom. The number of hydrogen-bond donors (Lipinski definition) is 1. The molecule has 0 saturated carbocycles. The number of carbonyl (C=O) groups is 1. The van der Waals surface area contributed by atoms with Crippen molar-refractivity contribution in [2.45, 2.75) is 38.9 Å². The molecular weight excluding hydrogens is 481 g/mol. The van der Waals surface area contributed by atoms with Gasteiger partial charge >= 0.3 is 12.3 Å². The first-order valence-electron chi connectivity index (χ1n) is 9.64. The molecule has 0 radical (unpaired) electrons. The molecule has 1 N–H and O–H groups in total. The number of ether oxygens (including phenoxy) is 2. The summed E-state index contributed by atoms with van der Waals surface area (Å²) in [7, 11) is 0. The van der Waals surface area contributed by atoms with E-state index >= 15 is 0 Å². The molecule has 0 spiro atoms. The van der Waals surface area contributed by atoms with E-state index in [-0.39, 0.29) is 29.3 Å². The highest BCUT2D eigenvalue weighted by atomic mass is 35.5. The largest absolute Gasteiger partial charge is 0.466 e. The first-order valence-corrected chi connectivity index (χ1v) is 10.9. The van der Waals surface area contributed by atoms with E-state index in [0.717, 1.165) is 5.01 Å². The second kappa shape index (κ2) is 9.92. The lowest BCUT2D eigenvalue weighted by Gasteiger charge is -2.13. The number of aromatic nitrogens is 3. The number of nitrogens with zero attached hydrogens (tertiary/aromatic N) is 3. The van der Waals surface area contributed by atoms with Crippen molar-refractivity contribution >= 4 is 29.0 Å². The van der Waals surface area contributed by atoms with Crippen molar-refractivity contribution in [1.29, 1.82) is 0 Å². The van der Waals surface area contributed by atoms with Gasteiger partial charge in [-0.2, -0.15) is 13.2 Å². The Bertz CT molecular complexity index is 1120. The minimum Gasteiger partial charge on any atom is -0.466 e. The lowest BCUT2D eigenvalue weighted by atomic mass is 9.98. The summed E-state index contributed by atoms with van der Waals surface area (Å²) in [5.74, 6) is -0.579. The highest BCUT2D eigenvalue weighted by Crippen LogP contribution is 2.32. The van der Waals surface area contributed by atoms with Crippen LogP contribution >= 0.6 is 22.9 Å². The molecule has 3 aromatic rings. The van der Waals surface area contributed by atoms with Crippen LogP contribution in [0.15, 0.2) is 35.7 Å². The number of nitrogens with one attached hydrogen (secondary N) is 1. The van der Waals surface area contributed by atoms with Gasteiger partial charge in [-0.05, 0) is 17.7 Å². The Morgan fingerprint density at radius 3 is 2.45 bits per heavy atom. The van der Waals surface area contributed by atoms with E-state index in [1.54, 1.807) is 24.3 Å². The van der Waals surface area contributed by atoms with E-state index in [4.69, 9.17) is 21.1 Å². The van der Waals surface area contributed by atoms with Gasteiger partial charge in [-0.1, -0.05) is 44.5 Å². The van der Waals surface area contributed by atoms with Gasteiger partial charge < -0.3 is 14.8 Å². The Morgan fingerprint density at radius 1 is 1.15 bits per heavy atom. The molecule has 0 aliphatic rings. The second-order valence-electron chi connectivity index (χ2n) is 7.95. The van der Waals surface area contributed by atoms with Crippen molar-refractivity contribution in [2.24, 2.45) is 0 Å². The van der Waals surface area contributed by atoms with E-state index in [1.165, 1.54) is 17.4 Å². The van der Waals surface area contributed by atoms with Crippen LogP contribution in [-0.4, -0.2) is 34.1 Å². The van der Waals surface area contributed by atoms with Crippen LogP contribution in [0.25, 0.3) is 11.1 Å². The molecule has 7 nitrogen and oxygen atoms in total. The maximum absolute atomic E-state index is 12.6. The molecule has 176 valence electrons. The summed E-state index contributed by atoms with van der Waals surface area (Å²) < 4.78 is 47.7. The Kier molecular flexibility index (Phi) is 7.43. The minimum absolute atomic E-state index is 0.104. The summed E-state index contributed by atoms with van der Waals surface area (Å²) in [4.78, 5) is 16.7. The first-order chi connectivity index (χ1) is 15.4. The van der Waals surface area contributed by atoms with Crippen molar-refractivity contribution in [3.05, 3.63) is 51.4 Å². The number of benzene rings is 1. The third-order valence-corrected chi connectivity index (χ3v) is 5.64. The zero-order valence-corrected chi connectivity index (χ0v) is 19.4. The average Bonchev–Trinajstić information content (AvgIpc) is 3.21. The summed E-state index contributed by atoms with van der Waals surface area (Å²) in [5.41, 5.74) is 1.18. The molecule has 1 aromatic carbocycles. The van der Waals surface area contributed by atoms with Crippen molar-refractivity contribution in [3.63, 3.8) is 0 Å². The van der Waals surface area contributed by atoms with Gasteiger partial charge in [0.15, 0.2) is 6.61 Å². The molecule has 0 unspecified atom stereocenters. The van der Waals surface area contributed by atoms with Gasteiger partial charge in [0, 0.05) is 21.9 Å². The number of thiazole rings is 1. The minimum atomic E-state index is -4.56. The van der Waals surface area contributed by atoms with E-state index in [9.17, 15) is 18.0 Å². The van der Waals surface area contributed by atoms with E-state index in [2.05, 4.69) is 20.5 Å². The number of hydrogen-bond acceptors (Lipinski definition) is 7. The third-order valence-electron chi connectivity index (χ3n) is 4.07. The molecule has 33 heavy (non-hydrogen) atoms. The fraction of sp³-hybridized carbons (Fsp3) is 0.333. The Labute approximate surface area is 196 Å². The monoisotopic (exact) mass is 500 g/mol. The molecule has 0 bridgehead atoms. The van der Waals surface area contributed by atoms with Gasteiger partial charge in [0.05, 0.1) is 22.8 Å². The summed E-state index contributed by atoms with van der Waals surface area (Å²) in [6.45, 7) is 4.70. The number of amides is 1. The number of carbonyl (C=O) groups excluding carboxylic acids is 1. The van der Waals surface area contributed by atoms with Crippen LogP contribution in [-0.2, 0) is 12.0 Å². The van der Waals surface area contributed by atoms with Gasteiger partial charge in [0.2, 0.25) is 11.8 Å².